The quantitative estimate of drug-likeness (QED) is 0.180. The number of aromatic nitrogens is 6. The average Bonchev–Trinajstić information content (AvgIpc) is 3.21. The molecule has 0 radical (unpaired) electrons. The van der Waals surface area contributed by atoms with Crippen molar-refractivity contribution in [2.45, 2.75) is 0 Å². The maximum Gasteiger partial charge on any atom is 0.164 e. The summed E-state index contributed by atoms with van der Waals surface area (Å²) in [7, 11) is 0. The van der Waals surface area contributed by atoms with Crippen LogP contribution >= 0.6 is 0 Å². The third kappa shape index (κ3) is 5.76. The van der Waals surface area contributed by atoms with E-state index in [2.05, 4.69) is 71.7 Å². The molecule has 0 saturated heterocycles. The van der Waals surface area contributed by atoms with E-state index in [1.54, 1.807) is 6.20 Å². The molecular weight excluding hydrogens is 613 g/mol. The fourth-order valence-corrected chi connectivity index (χ4v) is 6.17. The van der Waals surface area contributed by atoms with E-state index in [1.807, 2.05) is 97.1 Å². The van der Waals surface area contributed by atoms with Gasteiger partial charge in [0.2, 0.25) is 0 Å². The number of hydrogen-bond donors (Lipinski definition) is 0. The molecule has 0 atom stereocenters. The summed E-state index contributed by atoms with van der Waals surface area (Å²) in [6.45, 7) is 0. The molecule has 5 aromatic carbocycles. The van der Waals surface area contributed by atoms with Gasteiger partial charge in [-0.05, 0) is 53.6 Å². The summed E-state index contributed by atoms with van der Waals surface area (Å²) in [5.41, 5.74) is 10.3. The van der Waals surface area contributed by atoms with Crippen molar-refractivity contribution in [1.82, 2.24) is 29.9 Å². The molecule has 9 aromatic rings. The first-order valence-electron chi connectivity index (χ1n) is 16.4. The van der Waals surface area contributed by atoms with E-state index in [4.69, 9.17) is 24.9 Å². The lowest BCUT2D eigenvalue weighted by molar-refractivity contribution is 1.07. The second kappa shape index (κ2) is 12.6. The number of fused-ring (bicyclic) bond motifs is 2. The second-order valence-electron chi connectivity index (χ2n) is 12.0. The van der Waals surface area contributed by atoms with Gasteiger partial charge in [-0.25, -0.2) is 24.9 Å². The lowest BCUT2D eigenvalue weighted by Crippen LogP contribution is -2.00. The fraction of sp³-hybridized carbons (Fsp3) is 0. The number of nitrogens with zero attached hydrogens (tertiary/aromatic N) is 6. The van der Waals surface area contributed by atoms with Crippen molar-refractivity contribution in [2.24, 2.45) is 0 Å². The Hall–Kier alpha value is -6.92. The van der Waals surface area contributed by atoms with E-state index in [0.29, 0.717) is 17.5 Å². The van der Waals surface area contributed by atoms with Crippen LogP contribution in [0.2, 0.25) is 0 Å². The van der Waals surface area contributed by atoms with Crippen LogP contribution in [0.1, 0.15) is 0 Å². The van der Waals surface area contributed by atoms with Crippen LogP contribution in [-0.4, -0.2) is 29.9 Å². The Bertz CT molecular complexity index is 2580. The highest BCUT2D eigenvalue weighted by Gasteiger charge is 2.14. The van der Waals surface area contributed by atoms with E-state index in [9.17, 15) is 0 Å². The highest BCUT2D eigenvalue weighted by molar-refractivity contribution is 5.90. The zero-order valence-electron chi connectivity index (χ0n) is 26.8. The molecule has 0 bridgehead atoms. The summed E-state index contributed by atoms with van der Waals surface area (Å²) in [6.07, 6.45) is 1.79. The molecule has 0 fully saturated rings. The summed E-state index contributed by atoms with van der Waals surface area (Å²) in [4.78, 5) is 29.2. The molecular formula is C44H28N6. The molecule has 0 aliphatic heterocycles. The summed E-state index contributed by atoms with van der Waals surface area (Å²) in [5.74, 6) is 1.87. The van der Waals surface area contributed by atoms with Gasteiger partial charge in [0.05, 0.1) is 28.1 Å². The molecule has 0 unspecified atom stereocenters. The summed E-state index contributed by atoms with van der Waals surface area (Å²) in [5, 5.41) is 2.15. The normalized spacial score (nSPS) is 11.2. The van der Waals surface area contributed by atoms with Gasteiger partial charge in [0, 0.05) is 39.2 Å². The van der Waals surface area contributed by atoms with Crippen LogP contribution in [-0.2, 0) is 0 Å². The Morgan fingerprint density at radius 2 is 0.780 bits per heavy atom. The molecule has 50 heavy (non-hydrogen) atoms. The van der Waals surface area contributed by atoms with E-state index in [1.165, 1.54) is 0 Å². The lowest BCUT2D eigenvalue weighted by atomic mass is 10.0. The van der Waals surface area contributed by atoms with E-state index < -0.39 is 0 Å². The first-order valence-corrected chi connectivity index (χ1v) is 16.4. The molecule has 4 aromatic heterocycles. The highest BCUT2D eigenvalue weighted by Crippen LogP contribution is 2.31. The van der Waals surface area contributed by atoms with Gasteiger partial charge >= 0.3 is 0 Å². The minimum Gasteiger partial charge on any atom is -0.255 e. The molecule has 4 heterocycles. The predicted molar refractivity (Wildman–Crippen MR) is 201 cm³/mol. The molecule has 0 aliphatic rings. The van der Waals surface area contributed by atoms with Gasteiger partial charge in [0.1, 0.15) is 0 Å². The molecule has 0 N–H and O–H groups in total. The first-order chi connectivity index (χ1) is 24.7. The van der Waals surface area contributed by atoms with Crippen LogP contribution in [0.4, 0.5) is 0 Å². The standard InChI is InChI=1S/C44H28N6/c1-3-10-31(11-4-1)42-48-43(32-12-5-2-6-13-32)50-44(49-42)36-15-9-14-35(26-36)37-23-21-29-17-19-33(27-40(29)46-37)34-20-18-30-22-24-39(47-41(30)28-34)38-16-7-8-25-45-38/h1-28H. The largest absolute Gasteiger partial charge is 0.255 e. The topological polar surface area (TPSA) is 77.3 Å². The smallest absolute Gasteiger partial charge is 0.164 e. The van der Waals surface area contributed by atoms with Crippen LogP contribution < -0.4 is 0 Å². The van der Waals surface area contributed by atoms with Crippen molar-refractivity contribution >= 4 is 21.8 Å². The number of benzene rings is 5. The third-order valence-electron chi connectivity index (χ3n) is 8.76. The van der Waals surface area contributed by atoms with Gasteiger partial charge < -0.3 is 0 Å². The van der Waals surface area contributed by atoms with Crippen molar-refractivity contribution in [3.8, 4) is 67.9 Å². The average molecular weight is 641 g/mol. The number of hydrogen-bond acceptors (Lipinski definition) is 6. The van der Waals surface area contributed by atoms with Crippen LogP contribution in [0.15, 0.2) is 170 Å². The van der Waals surface area contributed by atoms with Crippen LogP contribution in [0.3, 0.4) is 0 Å². The lowest BCUT2D eigenvalue weighted by Gasteiger charge is -2.10. The molecule has 234 valence electrons. The molecule has 0 spiro atoms. The fourth-order valence-electron chi connectivity index (χ4n) is 6.17. The van der Waals surface area contributed by atoms with Crippen molar-refractivity contribution < 1.29 is 0 Å². The van der Waals surface area contributed by atoms with Gasteiger partial charge in [-0.15, -0.1) is 0 Å². The zero-order valence-corrected chi connectivity index (χ0v) is 26.8. The monoisotopic (exact) mass is 640 g/mol. The molecule has 0 saturated carbocycles. The van der Waals surface area contributed by atoms with E-state index in [0.717, 1.165) is 72.3 Å². The molecule has 0 aliphatic carbocycles. The highest BCUT2D eigenvalue weighted by atomic mass is 15.0. The predicted octanol–water partition coefficient (Wildman–Crippen LogP) is 10.4. The Balaban J connectivity index is 1.08. The van der Waals surface area contributed by atoms with Gasteiger partial charge in [-0.2, -0.15) is 0 Å². The van der Waals surface area contributed by atoms with Crippen molar-refractivity contribution in [2.75, 3.05) is 0 Å². The van der Waals surface area contributed by atoms with E-state index >= 15 is 0 Å². The van der Waals surface area contributed by atoms with Gasteiger partial charge in [-0.1, -0.05) is 121 Å². The van der Waals surface area contributed by atoms with Gasteiger partial charge in [-0.3, -0.25) is 4.98 Å². The summed E-state index contributed by atoms with van der Waals surface area (Å²) >= 11 is 0. The Morgan fingerprint density at radius 1 is 0.280 bits per heavy atom. The summed E-state index contributed by atoms with van der Waals surface area (Å²) in [6, 6.07) is 55.3. The number of pyridine rings is 3. The van der Waals surface area contributed by atoms with Crippen molar-refractivity contribution in [1.29, 1.82) is 0 Å². The molecule has 6 heteroatoms. The summed E-state index contributed by atoms with van der Waals surface area (Å²) < 4.78 is 0. The Labute approximate surface area is 288 Å². The molecule has 6 nitrogen and oxygen atoms in total. The van der Waals surface area contributed by atoms with Crippen LogP contribution in [0.5, 0.6) is 0 Å². The number of rotatable bonds is 6. The molecule has 9 rings (SSSR count). The van der Waals surface area contributed by atoms with E-state index in [-0.39, 0.29) is 0 Å². The zero-order chi connectivity index (χ0) is 33.3. The van der Waals surface area contributed by atoms with Gasteiger partial charge in [0.15, 0.2) is 17.5 Å². The Morgan fingerprint density at radius 3 is 1.38 bits per heavy atom. The van der Waals surface area contributed by atoms with Crippen LogP contribution in [0.25, 0.3) is 89.7 Å². The molecule has 0 amide bonds. The maximum atomic E-state index is 5.14. The second-order valence-corrected chi connectivity index (χ2v) is 12.0. The minimum atomic E-state index is 0.610. The first kappa shape index (κ1) is 29.2. The van der Waals surface area contributed by atoms with Crippen molar-refractivity contribution in [3.05, 3.63) is 170 Å². The van der Waals surface area contributed by atoms with Crippen LogP contribution in [0, 0.1) is 0 Å². The maximum absolute atomic E-state index is 5.14. The minimum absolute atomic E-state index is 0.610. The SMILES string of the molecule is c1ccc(-c2nc(-c3ccccc3)nc(-c3cccc(-c4ccc5ccc(-c6ccc7ccc(-c8ccccn8)nc7c6)cc5n4)c3)n2)cc1. The van der Waals surface area contributed by atoms with Crippen molar-refractivity contribution in [3.63, 3.8) is 0 Å². The third-order valence-corrected chi connectivity index (χ3v) is 8.76. The Kier molecular flexibility index (Phi) is 7.37. The van der Waals surface area contributed by atoms with Gasteiger partial charge in [0.25, 0.3) is 0 Å².